The number of methoxy groups -OCH3 is 1. The van der Waals surface area contributed by atoms with Gasteiger partial charge in [0.25, 0.3) is 0 Å². The number of alkyl halides is 1. The highest BCUT2D eigenvalue weighted by atomic mass is 79.9. The van der Waals surface area contributed by atoms with E-state index in [1.165, 1.54) is 5.56 Å². The first kappa shape index (κ1) is 15.2. The van der Waals surface area contributed by atoms with Gasteiger partial charge in [-0.25, -0.2) is 0 Å². The third-order valence-corrected chi connectivity index (χ3v) is 3.87. The molecule has 2 aromatic carbocycles. The molecule has 106 valence electrons. The molecular formula is C16H16BrClO2. The lowest BCUT2D eigenvalue weighted by molar-refractivity contribution is 0.377. The van der Waals surface area contributed by atoms with Gasteiger partial charge in [-0.15, -0.1) is 0 Å². The predicted octanol–water partition coefficient (Wildman–Crippen LogP) is 5.60. The Kier molecular flexibility index (Phi) is 5.32. The minimum Gasteiger partial charge on any atom is -0.493 e. The second kappa shape index (κ2) is 7.00. The van der Waals surface area contributed by atoms with E-state index in [2.05, 4.69) is 22.9 Å². The third kappa shape index (κ3) is 3.47. The molecule has 0 spiro atoms. The lowest BCUT2D eigenvalue weighted by Gasteiger charge is -2.14. The number of aryl methyl sites for hydroxylation is 1. The molecule has 0 aromatic heterocycles. The quantitative estimate of drug-likeness (QED) is 0.650. The smallest absolute Gasteiger partial charge is 0.169 e. The van der Waals surface area contributed by atoms with E-state index in [-0.39, 0.29) is 0 Å². The summed E-state index contributed by atoms with van der Waals surface area (Å²) < 4.78 is 11.4. The van der Waals surface area contributed by atoms with Crippen molar-refractivity contribution in [1.82, 2.24) is 0 Å². The molecule has 0 saturated carbocycles. The Morgan fingerprint density at radius 1 is 1.05 bits per heavy atom. The molecular weight excluding hydrogens is 340 g/mol. The van der Waals surface area contributed by atoms with Gasteiger partial charge in [0.2, 0.25) is 0 Å². The SMILES string of the molecule is CCc1ccc(Oc2cc(Cl)ccc2CBr)c(OC)c1. The summed E-state index contributed by atoms with van der Waals surface area (Å²) in [6.07, 6.45) is 0.959. The van der Waals surface area contributed by atoms with E-state index in [1.807, 2.05) is 36.4 Å². The molecule has 0 radical (unpaired) electrons. The molecule has 0 aliphatic carbocycles. The summed E-state index contributed by atoms with van der Waals surface area (Å²) in [5.41, 5.74) is 2.25. The second-order valence-electron chi connectivity index (χ2n) is 4.33. The first-order valence-corrected chi connectivity index (χ1v) is 7.87. The molecule has 0 aliphatic rings. The third-order valence-electron chi connectivity index (χ3n) is 3.03. The van der Waals surface area contributed by atoms with Gasteiger partial charge in [-0.2, -0.15) is 0 Å². The zero-order valence-corrected chi connectivity index (χ0v) is 13.8. The minimum absolute atomic E-state index is 0.647. The van der Waals surface area contributed by atoms with Gasteiger partial charge in [0.1, 0.15) is 5.75 Å². The normalized spacial score (nSPS) is 10.4. The number of ether oxygens (including phenoxy) is 2. The molecule has 2 aromatic rings. The molecule has 0 heterocycles. The van der Waals surface area contributed by atoms with Crippen LogP contribution in [-0.4, -0.2) is 7.11 Å². The summed E-state index contributed by atoms with van der Waals surface area (Å²) in [7, 11) is 1.64. The van der Waals surface area contributed by atoms with Crippen LogP contribution in [0.1, 0.15) is 18.1 Å². The fraction of sp³-hybridized carbons (Fsp3) is 0.250. The van der Waals surface area contributed by atoms with Gasteiger partial charge >= 0.3 is 0 Å². The molecule has 2 rings (SSSR count). The van der Waals surface area contributed by atoms with Gasteiger partial charge in [-0.1, -0.05) is 46.6 Å². The maximum absolute atomic E-state index is 6.03. The fourth-order valence-corrected chi connectivity index (χ4v) is 2.49. The molecule has 0 fully saturated rings. The second-order valence-corrected chi connectivity index (χ2v) is 5.32. The van der Waals surface area contributed by atoms with E-state index in [0.29, 0.717) is 16.1 Å². The molecule has 4 heteroatoms. The number of hydrogen-bond donors (Lipinski definition) is 0. The fourth-order valence-electron chi connectivity index (χ4n) is 1.87. The monoisotopic (exact) mass is 354 g/mol. The van der Waals surface area contributed by atoms with Crippen LogP contribution in [0.5, 0.6) is 17.2 Å². The van der Waals surface area contributed by atoms with Crippen molar-refractivity contribution in [2.45, 2.75) is 18.7 Å². The van der Waals surface area contributed by atoms with Crippen LogP contribution in [0.3, 0.4) is 0 Å². The highest BCUT2D eigenvalue weighted by Gasteiger charge is 2.10. The van der Waals surface area contributed by atoms with Crippen LogP contribution in [0.4, 0.5) is 0 Å². The van der Waals surface area contributed by atoms with Crippen LogP contribution in [-0.2, 0) is 11.8 Å². The van der Waals surface area contributed by atoms with E-state index in [1.54, 1.807) is 7.11 Å². The molecule has 0 bridgehead atoms. The van der Waals surface area contributed by atoms with Crippen molar-refractivity contribution in [2.24, 2.45) is 0 Å². The van der Waals surface area contributed by atoms with Crippen LogP contribution in [0.2, 0.25) is 5.02 Å². The maximum Gasteiger partial charge on any atom is 0.169 e. The van der Waals surface area contributed by atoms with Crippen LogP contribution in [0.25, 0.3) is 0 Å². The lowest BCUT2D eigenvalue weighted by atomic mass is 10.1. The number of hydrogen-bond acceptors (Lipinski definition) is 2. The summed E-state index contributed by atoms with van der Waals surface area (Å²) in [4.78, 5) is 0. The molecule has 0 unspecified atom stereocenters. The average Bonchev–Trinajstić information content (AvgIpc) is 2.48. The summed E-state index contributed by atoms with van der Waals surface area (Å²) in [6, 6.07) is 11.6. The van der Waals surface area contributed by atoms with Crippen molar-refractivity contribution in [2.75, 3.05) is 7.11 Å². The predicted molar refractivity (Wildman–Crippen MR) is 86.5 cm³/mol. The summed E-state index contributed by atoms with van der Waals surface area (Å²) in [5, 5.41) is 1.35. The largest absolute Gasteiger partial charge is 0.493 e. The Labute approximate surface area is 132 Å². The number of rotatable bonds is 5. The van der Waals surface area contributed by atoms with E-state index in [0.717, 1.165) is 23.5 Å². The van der Waals surface area contributed by atoms with Gasteiger partial charge in [-0.05, 0) is 36.2 Å². The summed E-state index contributed by atoms with van der Waals surface area (Å²) in [6.45, 7) is 2.11. The van der Waals surface area contributed by atoms with Gasteiger partial charge in [0.05, 0.1) is 7.11 Å². The van der Waals surface area contributed by atoms with Crippen LogP contribution < -0.4 is 9.47 Å². The van der Waals surface area contributed by atoms with Gasteiger partial charge < -0.3 is 9.47 Å². The molecule has 20 heavy (non-hydrogen) atoms. The average molecular weight is 356 g/mol. The number of halogens is 2. The summed E-state index contributed by atoms with van der Waals surface area (Å²) >= 11 is 9.49. The molecule has 2 nitrogen and oxygen atoms in total. The highest BCUT2D eigenvalue weighted by Crippen LogP contribution is 2.35. The zero-order valence-electron chi connectivity index (χ0n) is 11.5. The number of benzene rings is 2. The van der Waals surface area contributed by atoms with E-state index >= 15 is 0 Å². The van der Waals surface area contributed by atoms with Crippen LogP contribution in [0, 0.1) is 0 Å². The Morgan fingerprint density at radius 2 is 1.85 bits per heavy atom. The topological polar surface area (TPSA) is 18.5 Å². The van der Waals surface area contributed by atoms with Gasteiger partial charge in [-0.3, -0.25) is 0 Å². The molecule has 0 atom stereocenters. The molecule has 0 saturated heterocycles. The summed E-state index contributed by atoms with van der Waals surface area (Å²) in [5.74, 6) is 2.15. The van der Waals surface area contributed by atoms with Crippen LogP contribution >= 0.6 is 27.5 Å². The van der Waals surface area contributed by atoms with Crippen molar-refractivity contribution >= 4 is 27.5 Å². The molecule has 0 amide bonds. The Bertz CT molecular complexity index is 599. The Hall–Kier alpha value is -1.19. The maximum atomic E-state index is 6.03. The minimum atomic E-state index is 0.647. The van der Waals surface area contributed by atoms with Gasteiger partial charge in [0, 0.05) is 15.9 Å². The van der Waals surface area contributed by atoms with Gasteiger partial charge in [0.15, 0.2) is 11.5 Å². The highest BCUT2D eigenvalue weighted by molar-refractivity contribution is 9.08. The van der Waals surface area contributed by atoms with E-state index in [9.17, 15) is 0 Å². The lowest BCUT2D eigenvalue weighted by Crippen LogP contribution is -1.94. The van der Waals surface area contributed by atoms with E-state index in [4.69, 9.17) is 21.1 Å². The van der Waals surface area contributed by atoms with Crippen molar-refractivity contribution in [3.05, 3.63) is 52.5 Å². The zero-order chi connectivity index (χ0) is 14.5. The van der Waals surface area contributed by atoms with Crippen molar-refractivity contribution < 1.29 is 9.47 Å². The van der Waals surface area contributed by atoms with Crippen molar-refractivity contribution in [3.8, 4) is 17.2 Å². The van der Waals surface area contributed by atoms with Crippen molar-refractivity contribution in [3.63, 3.8) is 0 Å². The molecule has 0 aliphatic heterocycles. The van der Waals surface area contributed by atoms with Crippen molar-refractivity contribution in [1.29, 1.82) is 0 Å². The first-order valence-electron chi connectivity index (χ1n) is 6.37. The Balaban J connectivity index is 2.36. The van der Waals surface area contributed by atoms with Crippen LogP contribution in [0.15, 0.2) is 36.4 Å². The van der Waals surface area contributed by atoms with E-state index < -0.39 is 0 Å². The molecule has 0 N–H and O–H groups in total. The first-order chi connectivity index (χ1) is 9.67. The standard InChI is InChI=1S/C16H16BrClO2/c1-3-11-4-7-14(16(8-11)19-2)20-15-9-13(18)6-5-12(15)10-17/h4-9H,3,10H2,1-2H3. The Morgan fingerprint density at radius 3 is 2.50 bits per heavy atom.